The highest BCUT2D eigenvalue weighted by molar-refractivity contribution is 5.66. The number of hydrogen-bond acceptors (Lipinski definition) is 4. The average Bonchev–Trinajstić information content (AvgIpc) is 2.89. The number of hydrogen-bond donors (Lipinski definition) is 1. The predicted octanol–water partition coefficient (Wildman–Crippen LogP) is 3.06. The lowest BCUT2D eigenvalue weighted by Crippen LogP contribution is -2.35. The largest absolute Gasteiger partial charge is 0.325 e. The summed E-state index contributed by atoms with van der Waals surface area (Å²) in [6.07, 6.45) is 4.76. The van der Waals surface area contributed by atoms with Crippen molar-refractivity contribution >= 4 is 11.5 Å². The first-order valence-electron chi connectivity index (χ1n) is 7.44. The van der Waals surface area contributed by atoms with E-state index < -0.39 is 0 Å². The van der Waals surface area contributed by atoms with Crippen LogP contribution in [-0.4, -0.2) is 22.1 Å². The molecule has 1 N–H and O–H groups in total. The summed E-state index contributed by atoms with van der Waals surface area (Å²) in [5.41, 5.74) is 3.70. The molecule has 0 saturated carbocycles. The minimum absolute atomic E-state index is 0.0813. The van der Waals surface area contributed by atoms with Gasteiger partial charge in [-0.1, -0.05) is 18.2 Å². The third-order valence-electron chi connectivity index (χ3n) is 3.64. The summed E-state index contributed by atoms with van der Waals surface area (Å²) in [6.45, 7) is 8.17. The van der Waals surface area contributed by atoms with Gasteiger partial charge in [0.2, 0.25) is 0 Å². The van der Waals surface area contributed by atoms with Crippen molar-refractivity contribution in [1.29, 1.82) is 0 Å². The SMILES string of the molecule is CC(C)(C)NCc1cncc(N2CCc3ccccc32)n1. The Kier molecular flexibility index (Phi) is 3.64. The van der Waals surface area contributed by atoms with Crippen molar-refractivity contribution in [2.24, 2.45) is 0 Å². The molecule has 0 unspecified atom stereocenters. The number of fused-ring (bicyclic) bond motifs is 1. The van der Waals surface area contributed by atoms with Crippen molar-refractivity contribution in [3.63, 3.8) is 0 Å². The molecule has 1 aliphatic rings. The van der Waals surface area contributed by atoms with E-state index in [2.05, 4.69) is 60.2 Å². The Morgan fingerprint density at radius 2 is 2.00 bits per heavy atom. The standard InChI is InChI=1S/C17H22N4/c1-17(2,3)19-11-14-10-18-12-16(20-14)21-9-8-13-6-4-5-7-15(13)21/h4-7,10,12,19H,8-9,11H2,1-3H3. The van der Waals surface area contributed by atoms with Gasteiger partial charge in [0.1, 0.15) is 0 Å². The normalized spacial score (nSPS) is 14.3. The van der Waals surface area contributed by atoms with Crippen LogP contribution in [-0.2, 0) is 13.0 Å². The van der Waals surface area contributed by atoms with Gasteiger partial charge in [-0.05, 0) is 38.8 Å². The van der Waals surface area contributed by atoms with E-state index in [1.165, 1.54) is 11.3 Å². The number of aromatic nitrogens is 2. The van der Waals surface area contributed by atoms with E-state index in [0.29, 0.717) is 0 Å². The topological polar surface area (TPSA) is 41.1 Å². The molecule has 1 aromatic heterocycles. The van der Waals surface area contributed by atoms with E-state index in [0.717, 1.165) is 31.0 Å². The van der Waals surface area contributed by atoms with Crippen LogP contribution in [0.1, 0.15) is 32.0 Å². The Balaban J connectivity index is 1.81. The predicted molar refractivity (Wildman–Crippen MR) is 85.8 cm³/mol. The number of rotatable bonds is 3. The number of benzene rings is 1. The highest BCUT2D eigenvalue weighted by Crippen LogP contribution is 2.32. The van der Waals surface area contributed by atoms with Gasteiger partial charge in [-0.25, -0.2) is 4.98 Å². The summed E-state index contributed by atoms with van der Waals surface area (Å²) in [4.78, 5) is 11.4. The second kappa shape index (κ2) is 5.45. The van der Waals surface area contributed by atoms with Crippen molar-refractivity contribution < 1.29 is 0 Å². The van der Waals surface area contributed by atoms with Crippen molar-refractivity contribution in [3.05, 3.63) is 47.9 Å². The smallest absolute Gasteiger partial charge is 0.151 e. The zero-order valence-electron chi connectivity index (χ0n) is 12.9. The molecule has 0 fully saturated rings. The molecule has 0 radical (unpaired) electrons. The van der Waals surface area contributed by atoms with Crippen molar-refractivity contribution in [1.82, 2.24) is 15.3 Å². The fraction of sp³-hybridized carbons (Fsp3) is 0.412. The van der Waals surface area contributed by atoms with Crippen LogP contribution in [0.3, 0.4) is 0 Å². The molecule has 0 saturated heterocycles. The van der Waals surface area contributed by atoms with Gasteiger partial charge >= 0.3 is 0 Å². The molecule has 1 aliphatic heterocycles. The fourth-order valence-corrected chi connectivity index (χ4v) is 2.54. The Hall–Kier alpha value is -1.94. The summed E-state index contributed by atoms with van der Waals surface area (Å²) in [5.74, 6) is 0.938. The number of para-hydroxylation sites is 1. The lowest BCUT2D eigenvalue weighted by molar-refractivity contribution is 0.421. The molecule has 110 valence electrons. The van der Waals surface area contributed by atoms with Gasteiger partial charge in [-0.2, -0.15) is 0 Å². The molecule has 21 heavy (non-hydrogen) atoms. The highest BCUT2D eigenvalue weighted by atomic mass is 15.2. The van der Waals surface area contributed by atoms with E-state index in [1.807, 2.05) is 12.4 Å². The second-order valence-electron chi connectivity index (χ2n) is 6.50. The first-order valence-corrected chi connectivity index (χ1v) is 7.44. The van der Waals surface area contributed by atoms with Gasteiger partial charge in [0.15, 0.2) is 5.82 Å². The van der Waals surface area contributed by atoms with E-state index in [1.54, 1.807) is 0 Å². The van der Waals surface area contributed by atoms with Gasteiger partial charge < -0.3 is 10.2 Å². The van der Waals surface area contributed by atoms with Crippen LogP contribution >= 0.6 is 0 Å². The van der Waals surface area contributed by atoms with Crippen LogP contribution in [0.2, 0.25) is 0 Å². The molecule has 3 rings (SSSR count). The van der Waals surface area contributed by atoms with Gasteiger partial charge in [0, 0.05) is 30.5 Å². The van der Waals surface area contributed by atoms with Crippen LogP contribution < -0.4 is 10.2 Å². The summed E-state index contributed by atoms with van der Waals surface area (Å²) < 4.78 is 0. The molecule has 2 heterocycles. The first-order chi connectivity index (χ1) is 10.0. The summed E-state index contributed by atoms with van der Waals surface area (Å²) in [7, 11) is 0. The van der Waals surface area contributed by atoms with Crippen molar-refractivity contribution in [2.75, 3.05) is 11.4 Å². The average molecular weight is 282 g/mol. The molecule has 0 aliphatic carbocycles. The molecule has 4 nitrogen and oxygen atoms in total. The monoisotopic (exact) mass is 282 g/mol. The lowest BCUT2D eigenvalue weighted by atomic mass is 10.1. The Morgan fingerprint density at radius 3 is 2.81 bits per heavy atom. The van der Waals surface area contributed by atoms with Crippen molar-refractivity contribution in [3.8, 4) is 0 Å². The highest BCUT2D eigenvalue weighted by Gasteiger charge is 2.21. The molecular weight excluding hydrogens is 260 g/mol. The maximum atomic E-state index is 4.76. The van der Waals surface area contributed by atoms with Gasteiger partial charge in [0.05, 0.1) is 11.9 Å². The van der Waals surface area contributed by atoms with Crippen LogP contribution in [0.25, 0.3) is 0 Å². The van der Waals surface area contributed by atoms with Crippen LogP contribution in [0.4, 0.5) is 11.5 Å². The number of nitrogens with one attached hydrogen (secondary N) is 1. The molecule has 0 spiro atoms. The summed E-state index contributed by atoms with van der Waals surface area (Å²) >= 11 is 0. The number of anilines is 2. The Morgan fingerprint density at radius 1 is 1.19 bits per heavy atom. The molecule has 0 atom stereocenters. The minimum atomic E-state index is 0.0813. The maximum Gasteiger partial charge on any atom is 0.151 e. The van der Waals surface area contributed by atoms with Gasteiger partial charge in [-0.15, -0.1) is 0 Å². The summed E-state index contributed by atoms with van der Waals surface area (Å²) in [5, 5.41) is 3.45. The van der Waals surface area contributed by atoms with Crippen LogP contribution in [0.5, 0.6) is 0 Å². The Labute approximate surface area is 126 Å². The van der Waals surface area contributed by atoms with E-state index >= 15 is 0 Å². The van der Waals surface area contributed by atoms with E-state index in [4.69, 9.17) is 4.98 Å². The van der Waals surface area contributed by atoms with Gasteiger partial charge in [-0.3, -0.25) is 4.98 Å². The molecule has 2 aromatic rings. The third-order valence-corrected chi connectivity index (χ3v) is 3.64. The van der Waals surface area contributed by atoms with E-state index in [-0.39, 0.29) is 5.54 Å². The molecular formula is C17H22N4. The van der Waals surface area contributed by atoms with Crippen LogP contribution in [0.15, 0.2) is 36.7 Å². The van der Waals surface area contributed by atoms with Gasteiger partial charge in [0.25, 0.3) is 0 Å². The molecule has 4 heteroatoms. The van der Waals surface area contributed by atoms with E-state index in [9.17, 15) is 0 Å². The first kappa shape index (κ1) is 14.0. The lowest BCUT2D eigenvalue weighted by Gasteiger charge is -2.21. The third kappa shape index (κ3) is 3.22. The minimum Gasteiger partial charge on any atom is -0.325 e. The van der Waals surface area contributed by atoms with Crippen LogP contribution in [0, 0.1) is 0 Å². The quantitative estimate of drug-likeness (QED) is 0.939. The maximum absolute atomic E-state index is 4.76. The zero-order chi connectivity index (χ0) is 14.9. The number of nitrogens with zero attached hydrogens (tertiary/aromatic N) is 3. The molecule has 1 aromatic carbocycles. The Bertz CT molecular complexity index is 631. The zero-order valence-corrected chi connectivity index (χ0v) is 12.9. The fourth-order valence-electron chi connectivity index (χ4n) is 2.54. The second-order valence-corrected chi connectivity index (χ2v) is 6.50. The summed E-state index contributed by atoms with van der Waals surface area (Å²) in [6, 6.07) is 8.52. The molecule has 0 amide bonds. The van der Waals surface area contributed by atoms with Crippen molar-refractivity contribution in [2.45, 2.75) is 39.3 Å². The molecule has 0 bridgehead atoms.